The Morgan fingerprint density at radius 1 is 1.40 bits per heavy atom. The number of nitrogens with two attached hydrogens (primary N) is 1. The summed E-state index contributed by atoms with van der Waals surface area (Å²) in [4.78, 5) is 12.3. The minimum atomic E-state index is -0.471. The first-order valence-electron chi connectivity index (χ1n) is 7.30. The number of thioether (sulfide) groups is 1. The summed E-state index contributed by atoms with van der Waals surface area (Å²) < 4.78 is 6.53. The molecule has 0 aliphatic heterocycles. The van der Waals surface area contributed by atoms with Gasteiger partial charge in [0.15, 0.2) is 5.76 Å². The second-order valence-electron chi connectivity index (χ2n) is 5.10. The van der Waals surface area contributed by atoms with Gasteiger partial charge < -0.3 is 15.6 Å². The zero-order valence-electron chi connectivity index (χ0n) is 13.2. The number of anilines is 1. The number of nitrogen functional groups attached to an aromatic ring is 1. The lowest BCUT2D eigenvalue weighted by Crippen LogP contribution is -2.23. The van der Waals surface area contributed by atoms with Gasteiger partial charge in [0.1, 0.15) is 0 Å². The highest BCUT2D eigenvalue weighted by Gasteiger charge is 2.21. The van der Waals surface area contributed by atoms with E-state index in [1.54, 1.807) is 43.3 Å². The molecule has 2 aromatic heterocycles. The Balaban J connectivity index is 1.69. The summed E-state index contributed by atoms with van der Waals surface area (Å²) >= 11 is 1.17. The number of amides is 1. The highest BCUT2D eigenvalue weighted by Crippen LogP contribution is 2.25. The molecule has 0 aliphatic carbocycles. The van der Waals surface area contributed by atoms with Crippen molar-refractivity contribution < 1.29 is 9.21 Å². The third-order valence-electron chi connectivity index (χ3n) is 3.32. The number of hydrogen-bond donors (Lipinski definition) is 2. The quantitative estimate of drug-likeness (QED) is 0.532. The van der Waals surface area contributed by atoms with Crippen LogP contribution in [0.15, 0.2) is 52.2 Å². The molecule has 8 nitrogen and oxygen atoms in total. The minimum absolute atomic E-state index is 0.234. The summed E-state index contributed by atoms with van der Waals surface area (Å²) in [6.45, 7) is 1.73. The van der Waals surface area contributed by atoms with Gasteiger partial charge in [-0.05, 0) is 37.3 Å². The molecule has 0 bridgehead atoms. The number of nitrogens with one attached hydrogen (secondary N) is 1. The van der Waals surface area contributed by atoms with Gasteiger partial charge in [0.25, 0.3) is 0 Å². The zero-order chi connectivity index (χ0) is 17.8. The number of hydrogen-bond acceptors (Lipinski definition) is 7. The fraction of sp³-hybridized carbons (Fsp3) is 0.125. The van der Waals surface area contributed by atoms with Gasteiger partial charge >= 0.3 is 0 Å². The molecular formula is C16H14N6O2S. The van der Waals surface area contributed by atoms with Crippen LogP contribution in [0.2, 0.25) is 0 Å². The Labute approximate surface area is 147 Å². The Bertz CT molecular complexity index is 929. The van der Waals surface area contributed by atoms with Crippen LogP contribution >= 0.6 is 11.8 Å². The largest absolute Gasteiger partial charge is 0.461 e. The monoisotopic (exact) mass is 354 g/mol. The van der Waals surface area contributed by atoms with E-state index in [9.17, 15) is 4.79 Å². The molecule has 0 unspecified atom stereocenters. The van der Waals surface area contributed by atoms with Crippen LogP contribution in [0.3, 0.4) is 0 Å². The fourth-order valence-corrected chi connectivity index (χ4v) is 2.82. The van der Waals surface area contributed by atoms with E-state index in [4.69, 9.17) is 15.5 Å². The van der Waals surface area contributed by atoms with Gasteiger partial charge in [-0.25, -0.2) is 4.68 Å². The van der Waals surface area contributed by atoms with E-state index in [0.29, 0.717) is 28.0 Å². The number of benzene rings is 1. The van der Waals surface area contributed by atoms with Gasteiger partial charge in [-0.15, -0.1) is 10.2 Å². The molecule has 3 aromatic rings. The molecule has 0 radical (unpaired) electrons. The lowest BCUT2D eigenvalue weighted by molar-refractivity contribution is -0.115. The number of furan rings is 1. The summed E-state index contributed by atoms with van der Waals surface area (Å²) in [7, 11) is 0. The lowest BCUT2D eigenvalue weighted by Gasteiger charge is -2.11. The second-order valence-corrected chi connectivity index (χ2v) is 6.40. The minimum Gasteiger partial charge on any atom is -0.461 e. The van der Waals surface area contributed by atoms with E-state index < -0.39 is 5.25 Å². The van der Waals surface area contributed by atoms with Crippen molar-refractivity contribution in [1.82, 2.24) is 14.9 Å². The van der Waals surface area contributed by atoms with Gasteiger partial charge in [0.2, 0.25) is 16.9 Å². The summed E-state index contributed by atoms with van der Waals surface area (Å²) in [5.74, 6) is 6.61. The van der Waals surface area contributed by atoms with Crippen molar-refractivity contribution in [3.8, 4) is 17.7 Å². The van der Waals surface area contributed by atoms with Crippen molar-refractivity contribution in [3.63, 3.8) is 0 Å². The predicted octanol–water partition coefficient (Wildman–Crippen LogP) is 2.24. The number of nitrogens with zero attached hydrogens (tertiary/aromatic N) is 4. The van der Waals surface area contributed by atoms with Crippen LogP contribution in [0.5, 0.6) is 0 Å². The maximum absolute atomic E-state index is 12.3. The van der Waals surface area contributed by atoms with Crippen LogP contribution in [-0.4, -0.2) is 26.0 Å². The molecule has 3 N–H and O–H groups in total. The number of carbonyl (C=O) groups excluding carboxylic acids is 1. The summed E-state index contributed by atoms with van der Waals surface area (Å²) in [6.07, 6.45) is 1.52. The number of carbonyl (C=O) groups is 1. The topological polar surface area (TPSA) is 123 Å². The molecule has 0 saturated heterocycles. The molecule has 3 rings (SSSR count). The molecule has 0 spiro atoms. The average Bonchev–Trinajstić information content (AvgIpc) is 3.25. The molecule has 0 fully saturated rings. The van der Waals surface area contributed by atoms with E-state index in [2.05, 4.69) is 15.5 Å². The fourth-order valence-electron chi connectivity index (χ4n) is 2.05. The van der Waals surface area contributed by atoms with E-state index in [1.165, 1.54) is 22.7 Å². The van der Waals surface area contributed by atoms with Crippen molar-refractivity contribution in [2.45, 2.75) is 17.3 Å². The SMILES string of the molecule is C[C@@H](Sc1nnc(-c2ccco2)n1N)C(=O)Nc1cccc(C#N)c1. The van der Waals surface area contributed by atoms with Gasteiger partial charge in [-0.2, -0.15) is 5.26 Å². The normalized spacial score (nSPS) is 11.7. The molecule has 9 heteroatoms. The predicted molar refractivity (Wildman–Crippen MR) is 93.0 cm³/mol. The van der Waals surface area contributed by atoms with Crippen molar-refractivity contribution in [3.05, 3.63) is 48.2 Å². The molecule has 1 aromatic carbocycles. The molecule has 0 aliphatic rings. The van der Waals surface area contributed by atoms with E-state index in [0.717, 1.165) is 0 Å². The molecule has 1 amide bonds. The number of rotatable bonds is 5. The second kappa shape index (κ2) is 7.11. The van der Waals surface area contributed by atoms with Crippen LogP contribution in [-0.2, 0) is 4.79 Å². The first kappa shape index (κ1) is 16.6. The van der Waals surface area contributed by atoms with Crippen LogP contribution in [0.25, 0.3) is 11.6 Å². The molecule has 0 saturated carbocycles. The Morgan fingerprint density at radius 2 is 2.24 bits per heavy atom. The highest BCUT2D eigenvalue weighted by molar-refractivity contribution is 8.00. The van der Waals surface area contributed by atoms with E-state index in [1.807, 2.05) is 6.07 Å². The summed E-state index contributed by atoms with van der Waals surface area (Å²) in [5.41, 5.74) is 1.03. The van der Waals surface area contributed by atoms with Crippen LogP contribution < -0.4 is 11.2 Å². The maximum atomic E-state index is 12.3. The first-order chi connectivity index (χ1) is 12.1. The molecule has 25 heavy (non-hydrogen) atoms. The standard InChI is InChI=1S/C16H14N6O2S/c1-10(15(23)19-12-5-2-4-11(8-12)9-17)25-16-21-20-14(22(16)18)13-6-3-7-24-13/h2-8,10H,18H2,1H3,(H,19,23)/t10-/m1/s1. The van der Waals surface area contributed by atoms with Crippen LogP contribution in [0.4, 0.5) is 5.69 Å². The van der Waals surface area contributed by atoms with Crippen molar-refractivity contribution in [2.75, 3.05) is 11.2 Å². The van der Waals surface area contributed by atoms with Crippen LogP contribution in [0.1, 0.15) is 12.5 Å². The Morgan fingerprint density at radius 3 is 2.96 bits per heavy atom. The highest BCUT2D eigenvalue weighted by atomic mass is 32.2. The van der Waals surface area contributed by atoms with Gasteiger partial charge in [0.05, 0.1) is 23.1 Å². The van der Waals surface area contributed by atoms with Crippen molar-refractivity contribution in [1.29, 1.82) is 5.26 Å². The number of aromatic nitrogens is 3. The Hall–Kier alpha value is -3.25. The summed E-state index contributed by atoms with van der Waals surface area (Å²) in [6, 6.07) is 12.2. The number of nitriles is 1. The average molecular weight is 354 g/mol. The van der Waals surface area contributed by atoms with Gasteiger partial charge in [-0.3, -0.25) is 4.79 Å². The molecule has 1 atom stereocenters. The van der Waals surface area contributed by atoms with Crippen molar-refractivity contribution >= 4 is 23.4 Å². The molecule has 126 valence electrons. The van der Waals surface area contributed by atoms with Gasteiger partial charge in [0, 0.05) is 5.69 Å². The third kappa shape index (κ3) is 3.64. The first-order valence-corrected chi connectivity index (χ1v) is 8.18. The van der Waals surface area contributed by atoms with E-state index >= 15 is 0 Å². The third-order valence-corrected chi connectivity index (χ3v) is 4.37. The zero-order valence-corrected chi connectivity index (χ0v) is 14.0. The lowest BCUT2D eigenvalue weighted by atomic mass is 10.2. The molecule has 2 heterocycles. The Kier molecular flexibility index (Phi) is 4.72. The summed E-state index contributed by atoms with van der Waals surface area (Å²) in [5, 5.41) is 19.6. The molecular weight excluding hydrogens is 340 g/mol. The maximum Gasteiger partial charge on any atom is 0.237 e. The van der Waals surface area contributed by atoms with Gasteiger partial charge in [-0.1, -0.05) is 17.8 Å². The van der Waals surface area contributed by atoms with E-state index in [-0.39, 0.29) is 5.91 Å². The van der Waals surface area contributed by atoms with Crippen LogP contribution in [0, 0.1) is 11.3 Å². The smallest absolute Gasteiger partial charge is 0.237 e. The van der Waals surface area contributed by atoms with Crippen molar-refractivity contribution in [2.24, 2.45) is 0 Å².